The number of aliphatic carboxylic acids is 1. The summed E-state index contributed by atoms with van der Waals surface area (Å²) in [7, 11) is 0. The first kappa shape index (κ1) is 13.4. The van der Waals surface area contributed by atoms with Crippen molar-refractivity contribution in [2.75, 3.05) is 11.4 Å². The van der Waals surface area contributed by atoms with Crippen molar-refractivity contribution in [3.63, 3.8) is 0 Å². The molecule has 0 unspecified atom stereocenters. The molecule has 0 saturated carbocycles. The van der Waals surface area contributed by atoms with Gasteiger partial charge in [-0.25, -0.2) is 4.79 Å². The molecule has 3 nitrogen and oxygen atoms in total. The van der Waals surface area contributed by atoms with Gasteiger partial charge in [0, 0.05) is 30.0 Å². The van der Waals surface area contributed by atoms with E-state index in [1.54, 1.807) is 0 Å². The summed E-state index contributed by atoms with van der Waals surface area (Å²) in [5, 5.41) is 9.94. The number of nitrogens with zero attached hydrogens (tertiary/aromatic N) is 1. The number of benzene rings is 1. The maximum absolute atomic E-state index is 12.1. The van der Waals surface area contributed by atoms with E-state index in [9.17, 15) is 9.90 Å². The minimum absolute atomic E-state index is 0.181. The Bertz CT molecular complexity index is 746. The van der Waals surface area contributed by atoms with Crippen LogP contribution in [0.4, 0.5) is 5.69 Å². The monoisotopic (exact) mass is 307 g/mol. The molecule has 2 heterocycles. The number of carbonyl (C=O) groups is 1. The van der Waals surface area contributed by atoms with Gasteiger partial charge in [0.15, 0.2) is 0 Å². The number of hydrogen-bond donors (Lipinski definition) is 1. The molecular weight excluding hydrogens is 286 g/mol. The van der Waals surface area contributed by atoms with Gasteiger partial charge in [-0.15, -0.1) is 0 Å². The molecule has 0 aromatic heterocycles. The molecule has 1 aromatic carbocycles. The lowest BCUT2D eigenvalue weighted by molar-refractivity contribution is -0.140. The molecule has 5 rings (SSSR count). The zero-order valence-corrected chi connectivity index (χ0v) is 13.3. The third-order valence-electron chi connectivity index (χ3n) is 6.25. The van der Waals surface area contributed by atoms with E-state index in [0.29, 0.717) is 11.8 Å². The maximum Gasteiger partial charge on any atom is 0.326 e. The summed E-state index contributed by atoms with van der Waals surface area (Å²) in [6.07, 6.45) is 11.0. The molecule has 0 amide bonds. The summed E-state index contributed by atoms with van der Waals surface area (Å²) in [4.78, 5) is 14.3. The van der Waals surface area contributed by atoms with Gasteiger partial charge in [-0.05, 0) is 36.8 Å². The number of fused-ring (bicyclic) bond motifs is 4. The highest BCUT2D eigenvalue weighted by atomic mass is 16.4. The molecule has 5 atom stereocenters. The predicted molar refractivity (Wildman–Crippen MR) is 89.9 cm³/mol. The number of allylic oxidation sites excluding steroid dienone is 4. The zero-order valence-electron chi connectivity index (χ0n) is 13.3. The maximum atomic E-state index is 12.1. The summed E-state index contributed by atoms with van der Waals surface area (Å²) < 4.78 is 0. The lowest BCUT2D eigenvalue weighted by Gasteiger charge is -2.49. The molecule has 0 saturated heterocycles. The Morgan fingerprint density at radius 2 is 1.83 bits per heavy atom. The van der Waals surface area contributed by atoms with Crippen LogP contribution in [-0.4, -0.2) is 23.7 Å². The number of carboxylic acid groups (broad SMARTS) is 1. The standard InChI is InChI=1S/C20H21NO2/c1-11-8-16-13-5-2-4-12(13)10-21-18(16)17(9-11)14-6-3-7-15(14)19(21)20(22)23/h2-3,5-6,8-9,12-15,19H,4,7,10H2,1H3,(H,22,23)/t12-,13+,14+,15+,19-/m1/s1. The van der Waals surface area contributed by atoms with E-state index in [-0.39, 0.29) is 17.9 Å². The van der Waals surface area contributed by atoms with Crippen LogP contribution < -0.4 is 4.90 Å². The predicted octanol–water partition coefficient (Wildman–Crippen LogP) is 3.60. The normalized spacial score (nSPS) is 35.9. The quantitative estimate of drug-likeness (QED) is 0.806. The molecule has 3 heteroatoms. The van der Waals surface area contributed by atoms with E-state index in [1.165, 1.54) is 22.4 Å². The fraction of sp³-hybridized carbons (Fsp3) is 0.450. The summed E-state index contributed by atoms with van der Waals surface area (Å²) in [6, 6.07) is 4.19. The highest BCUT2D eigenvalue weighted by Gasteiger charge is 2.49. The van der Waals surface area contributed by atoms with Gasteiger partial charge in [-0.1, -0.05) is 42.0 Å². The summed E-state index contributed by atoms with van der Waals surface area (Å²) >= 11 is 0. The van der Waals surface area contributed by atoms with Gasteiger partial charge >= 0.3 is 5.97 Å². The molecule has 1 N–H and O–H groups in total. The van der Waals surface area contributed by atoms with Crippen molar-refractivity contribution in [1.82, 2.24) is 0 Å². The van der Waals surface area contributed by atoms with Crippen molar-refractivity contribution < 1.29 is 9.90 Å². The van der Waals surface area contributed by atoms with Gasteiger partial charge in [0.05, 0.1) is 0 Å². The molecule has 0 radical (unpaired) electrons. The number of rotatable bonds is 1. The Kier molecular flexibility index (Phi) is 2.62. The molecular formula is C20H21NO2. The molecule has 1 aromatic rings. The highest BCUT2D eigenvalue weighted by Crippen LogP contribution is 2.55. The molecule has 118 valence electrons. The van der Waals surface area contributed by atoms with Crippen LogP contribution in [0, 0.1) is 18.8 Å². The first-order valence-corrected chi connectivity index (χ1v) is 8.62. The third kappa shape index (κ3) is 1.68. The fourth-order valence-electron chi connectivity index (χ4n) is 5.40. The molecule has 0 fully saturated rings. The fourth-order valence-corrected chi connectivity index (χ4v) is 5.40. The van der Waals surface area contributed by atoms with Crippen LogP contribution in [-0.2, 0) is 4.79 Å². The summed E-state index contributed by atoms with van der Waals surface area (Å²) in [5.41, 5.74) is 5.24. The second-order valence-corrected chi connectivity index (χ2v) is 7.53. The van der Waals surface area contributed by atoms with Gasteiger partial charge in [0.2, 0.25) is 0 Å². The van der Waals surface area contributed by atoms with Crippen LogP contribution in [0.1, 0.15) is 41.4 Å². The van der Waals surface area contributed by atoms with Crippen molar-refractivity contribution in [1.29, 1.82) is 0 Å². The van der Waals surface area contributed by atoms with Crippen LogP contribution in [0.15, 0.2) is 36.4 Å². The molecule has 2 aliphatic carbocycles. The van der Waals surface area contributed by atoms with Crippen molar-refractivity contribution >= 4 is 11.7 Å². The van der Waals surface area contributed by atoms with E-state index in [1.807, 2.05) is 0 Å². The molecule has 2 aliphatic heterocycles. The minimum Gasteiger partial charge on any atom is -0.480 e. The Balaban J connectivity index is 1.78. The van der Waals surface area contributed by atoms with Crippen LogP contribution in [0.3, 0.4) is 0 Å². The van der Waals surface area contributed by atoms with E-state index in [0.717, 1.165) is 19.4 Å². The topological polar surface area (TPSA) is 40.5 Å². The average Bonchev–Trinajstić information content (AvgIpc) is 3.15. The van der Waals surface area contributed by atoms with Crippen LogP contribution in [0.25, 0.3) is 0 Å². The minimum atomic E-state index is -0.662. The Morgan fingerprint density at radius 1 is 1.13 bits per heavy atom. The smallest absolute Gasteiger partial charge is 0.326 e. The van der Waals surface area contributed by atoms with Gasteiger partial charge in [0.1, 0.15) is 6.04 Å². The van der Waals surface area contributed by atoms with Gasteiger partial charge in [-0.2, -0.15) is 0 Å². The second-order valence-electron chi connectivity index (χ2n) is 7.53. The molecule has 4 aliphatic rings. The SMILES string of the molecule is Cc1cc2c3c(c1)[C@H]1C=CC[C@@H]1[C@H](C(=O)O)N3C[C@H]1CC=C[C@H]21. The molecule has 0 spiro atoms. The average molecular weight is 307 g/mol. The number of carboxylic acids is 1. The largest absolute Gasteiger partial charge is 0.480 e. The number of hydrogen-bond acceptors (Lipinski definition) is 2. The first-order chi connectivity index (χ1) is 11.1. The summed E-state index contributed by atoms with van der Waals surface area (Å²) in [5.74, 6) is 0.787. The van der Waals surface area contributed by atoms with Crippen molar-refractivity contribution in [3.05, 3.63) is 53.1 Å². The van der Waals surface area contributed by atoms with Crippen molar-refractivity contribution in [2.45, 2.75) is 37.6 Å². The van der Waals surface area contributed by atoms with E-state index in [4.69, 9.17) is 0 Å². The van der Waals surface area contributed by atoms with Crippen molar-refractivity contribution in [3.8, 4) is 0 Å². The Hall–Kier alpha value is -2.03. The van der Waals surface area contributed by atoms with Gasteiger partial charge in [-0.3, -0.25) is 0 Å². The Labute approximate surface area is 136 Å². The number of anilines is 1. The Morgan fingerprint density at radius 3 is 2.61 bits per heavy atom. The second kappa shape index (κ2) is 4.50. The summed E-state index contributed by atoms with van der Waals surface area (Å²) in [6.45, 7) is 3.04. The lowest BCUT2D eigenvalue weighted by Crippen LogP contribution is -2.54. The van der Waals surface area contributed by atoms with Gasteiger partial charge in [0.25, 0.3) is 0 Å². The van der Waals surface area contributed by atoms with Crippen LogP contribution >= 0.6 is 0 Å². The van der Waals surface area contributed by atoms with E-state index >= 15 is 0 Å². The number of aryl methyl sites for hydroxylation is 1. The van der Waals surface area contributed by atoms with Gasteiger partial charge < -0.3 is 10.0 Å². The highest BCUT2D eigenvalue weighted by molar-refractivity contribution is 5.84. The van der Waals surface area contributed by atoms with Crippen molar-refractivity contribution in [2.24, 2.45) is 11.8 Å². The lowest BCUT2D eigenvalue weighted by atomic mass is 9.71. The van der Waals surface area contributed by atoms with Crippen LogP contribution in [0.5, 0.6) is 0 Å². The van der Waals surface area contributed by atoms with Crippen LogP contribution in [0.2, 0.25) is 0 Å². The third-order valence-corrected chi connectivity index (χ3v) is 6.25. The molecule has 0 bridgehead atoms. The first-order valence-electron chi connectivity index (χ1n) is 8.62. The van der Waals surface area contributed by atoms with E-state index in [2.05, 4.69) is 48.3 Å². The molecule has 23 heavy (non-hydrogen) atoms. The van der Waals surface area contributed by atoms with E-state index < -0.39 is 5.97 Å². The zero-order chi connectivity index (χ0) is 15.7.